The van der Waals surface area contributed by atoms with Crippen LogP contribution in [0.3, 0.4) is 0 Å². The minimum Gasteiger partial charge on any atom is -0.465 e. The smallest absolute Gasteiger partial charge is 0.338 e. The third-order valence-corrected chi connectivity index (χ3v) is 6.01. The third kappa shape index (κ3) is 3.71. The summed E-state index contributed by atoms with van der Waals surface area (Å²) >= 11 is 0. The zero-order valence-corrected chi connectivity index (χ0v) is 17.3. The van der Waals surface area contributed by atoms with E-state index in [-0.39, 0.29) is 5.97 Å². The van der Waals surface area contributed by atoms with Crippen LogP contribution in [0.1, 0.15) is 51.4 Å². The average Bonchev–Trinajstić information content (AvgIpc) is 3.58. The van der Waals surface area contributed by atoms with Crippen molar-refractivity contribution in [3.8, 4) is 11.8 Å². The number of hydrogen-bond acceptors (Lipinski definition) is 3. The summed E-state index contributed by atoms with van der Waals surface area (Å²) in [5.74, 6) is 0.321. The highest BCUT2D eigenvalue weighted by Gasteiger charge is 2.25. The maximum atomic E-state index is 12.4. The molecule has 5 rings (SSSR count). The Hall–Kier alpha value is -3.84. The van der Waals surface area contributed by atoms with Crippen molar-refractivity contribution in [1.82, 2.24) is 4.57 Å². The molecule has 1 saturated carbocycles. The van der Waals surface area contributed by atoms with Gasteiger partial charge in [0.1, 0.15) is 0 Å². The van der Waals surface area contributed by atoms with Gasteiger partial charge in [-0.25, -0.2) is 4.79 Å². The highest BCUT2D eigenvalue weighted by Crippen LogP contribution is 2.40. The molecule has 0 saturated heterocycles. The molecule has 31 heavy (non-hydrogen) atoms. The molecule has 0 atom stereocenters. The number of ether oxygens (including phenoxy) is 1. The number of aromatic nitrogens is 1. The van der Waals surface area contributed by atoms with Crippen LogP contribution in [-0.2, 0) is 11.2 Å². The van der Waals surface area contributed by atoms with E-state index in [0.717, 1.165) is 27.7 Å². The van der Waals surface area contributed by atoms with E-state index in [1.807, 2.05) is 36.5 Å². The normalized spacial score (nSPS) is 13.2. The van der Waals surface area contributed by atoms with Gasteiger partial charge in [0.2, 0.25) is 0 Å². The second-order valence-corrected chi connectivity index (χ2v) is 8.10. The molecule has 3 aromatic carbocycles. The fourth-order valence-electron chi connectivity index (χ4n) is 4.16. The Morgan fingerprint density at radius 2 is 1.87 bits per heavy atom. The molecule has 152 valence electrons. The van der Waals surface area contributed by atoms with Crippen molar-refractivity contribution in [3.05, 3.63) is 101 Å². The van der Waals surface area contributed by atoms with Crippen LogP contribution in [0.25, 0.3) is 16.6 Å². The zero-order chi connectivity index (χ0) is 21.4. The number of esters is 1. The summed E-state index contributed by atoms with van der Waals surface area (Å²) in [6.07, 6.45) is 5.12. The van der Waals surface area contributed by atoms with Gasteiger partial charge < -0.3 is 9.30 Å². The monoisotopic (exact) mass is 406 g/mol. The lowest BCUT2D eigenvalue weighted by Crippen LogP contribution is -2.07. The highest BCUT2D eigenvalue weighted by molar-refractivity contribution is 5.91. The number of rotatable bonds is 5. The molecule has 1 aliphatic rings. The maximum absolute atomic E-state index is 12.4. The van der Waals surface area contributed by atoms with Gasteiger partial charge in [-0.15, -0.1) is 0 Å². The van der Waals surface area contributed by atoms with Crippen LogP contribution in [-0.4, -0.2) is 17.6 Å². The summed E-state index contributed by atoms with van der Waals surface area (Å²) < 4.78 is 7.16. The predicted octanol–water partition coefficient (Wildman–Crippen LogP) is 5.76. The zero-order valence-electron chi connectivity index (χ0n) is 17.3. The fourth-order valence-corrected chi connectivity index (χ4v) is 4.16. The van der Waals surface area contributed by atoms with Gasteiger partial charge in [-0.3, -0.25) is 0 Å². The van der Waals surface area contributed by atoms with Crippen LogP contribution in [0, 0.1) is 11.3 Å². The van der Waals surface area contributed by atoms with Crippen molar-refractivity contribution in [2.24, 2.45) is 0 Å². The van der Waals surface area contributed by atoms with Crippen molar-refractivity contribution < 1.29 is 9.53 Å². The van der Waals surface area contributed by atoms with Crippen LogP contribution < -0.4 is 0 Å². The van der Waals surface area contributed by atoms with Crippen LogP contribution in [0.4, 0.5) is 0 Å². The van der Waals surface area contributed by atoms with Gasteiger partial charge >= 0.3 is 5.97 Å². The molecule has 0 bridgehead atoms. The molecule has 0 unspecified atom stereocenters. The standard InChI is InChI=1S/C27H22N2O2/c1-31-27(30)25-16-21(20-5-6-20)7-8-22(25)14-19-4-11-26-23(15-19)12-13-29(26)24-9-2-18(17-28)3-10-24/h2-4,7-13,15-16,20H,5-6,14H2,1H3. The first-order chi connectivity index (χ1) is 15.2. The number of nitrogens with zero attached hydrogens (tertiary/aromatic N) is 2. The summed E-state index contributed by atoms with van der Waals surface area (Å²) in [4.78, 5) is 12.4. The van der Waals surface area contributed by atoms with Crippen LogP contribution in [0.2, 0.25) is 0 Å². The first kappa shape index (κ1) is 19.1. The van der Waals surface area contributed by atoms with Crippen molar-refractivity contribution >= 4 is 16.9 Å². The lowest BCUT2D eigenvalue weighted by atomic mass is 9.96. The third-order valence-electron chi connectivity index (χ3n) is 6.01. The van der Waals surface area contributed by atoms with E-state index in [4.69, 9.17) is 10.00 Å². The minimum absolute atomic E-state index is 0.273. The molecule has 1 heterocycles. The average molecular weight is 406 g/mol. The number of hydrogen-bond donors (Lipinski definition) is 0. The molecule has 4 aromatic rings. The summed E-state index contributed by atoms with van der Waals surface area (Å²) in [7, 11) is 1.44. The summed E-state index contributed by atoms with van der Waals surface area (Å²) in [6.45, 7) is 0. The highest BCUT2D eigenvalue weighted by atomic mass is 16.5. The molecule has 0 amide bonds. The van der Waals surface area contributed by atoms with Gasteiger partial charge in [-0.1, -0.05) is 18.2 Å². The number of fused-ring (bicyclic) bond motifs is 1. The van der Waals surface area contributed by atoms with Crippen LogP contribution in [0.5, 0.6) is 0 Å². The Morgan fingerprint density at radius 1 is 1.06 bits per heavy atom. The molecule has 1 fully saturated rings. The molecule has 0 aliphatic heterocycles. The van der Waals surface area contributed by atoms with Crippen molar-refractivity contribution in [3.63, 3.8) is 0 Å². The SMILES string of the molecule is COC(=O)c1cc(C2CC2)ccc1Cc1ccc2c(ccn2-c2ccc(C#N)cc2)c1. The first-order valence-electron chi connectivity index (χ1n) is 10.5. The van der Waals surface area contributed by atoms with E-state index in [2.05, 4.69) is 47.0 Å². The van der Waals surface area contributed by atoms with Gasteiger partial charge in [0.05, 0.1) is 29.8 Å². The summed E-state index contributed by atoms with van der Waals surface area (Å²) in [5, 5.41) is 10.1. The van der Waals surface area contributed by atoms with Crippen molar-refractivity contribution in [2.45, 2.75) is 25.2 Å². The van der Waals surface area contributed by atoms with Gasteiger partial charge in [-0.05, 0) is 90.4 Å². The van der Waals surface area contributed by atoms with Crippen molar-refractivity contribution in [2.75, 3.05) is 7.11 Å². The van der Waals surface area contributed by atoms with E-state index >= 15 is 0 Å². The fraction of sp³-hybridized carbons (Fsp3) is 0.185. The lowest BCUT2D eigenvalue weighted by molar-refractivity contribution is 0.0599. The quantitative estimate of drug-likeness (QED) is 0.396. The molecule has 4 nitrogen and oxygen atoms in total. The lowest BCUT2D eigenvalue weighted by Gasteiger charge is -2.11. The number of carbonyl (C=O) groups is 1. The van der Waals surface area contributed by atoms with Gasteiger partial charge in [0.25, 0.3) is 0 Å². The molecular weight excluding hydrogens is 384 g/mol. The molecule has 0 N–H and O–H groups in total. The van der Waals surface area contributed by atoms with Crippen molar-refractivity contribution in [1.29, 1.82) is 5.26 Å². The van der Waals surface area contributed by atoms with E-state index < -0.39 is 0 Å². The number of benzene rings is 3. The summed E-state index contributed by atoms with van der Waals surface area (Å²) in [6, 6.07) is 24.4. The molecule has 4 heteroatoms. The Kier molecular flexibility index (Phi) is 4.80. The number of carbonyl (C=O) groups excluding carboxylic acids is 1. The second kappa shape index (κ2) is 7.77. The van der Waals surface area contributed by atoms with Gasteiger partial charge in [0.15, 0.2) is 0 Å². The first-order valence-corrected chi connectivity index (χ1v) is 10.5. The molecular formula is C27H22N2O2. The molecule has 1 aliphatic carbocycles. The molecule has 0 radical (unpaired) electrons. The Labute approximate surface area is 181 Å². The predicted molar refractivity (Wildman–Crippen MR) is 121 cm³/mol. The van der Waals surface area contributed by atoms with E-state index in [1.54, 1.807) is 0 Å². The summed E-state index contributed by atoms with van der Waals surface area (Å²) in [5.41, 5.74) is 6.81. The van der Waals surface area contributed by atoms with Gasteiger partial charge in [0, 0.05) is 17.3 Å². The Bertz CT molecular complexity index is 1320. The van der Waals surface area contributed by atoms with E-state index in [9.17, 15) is 4.79 Å². The van der Waals surface area contributed by atoms with E-state index in [1.165, 1.54) is 25.5 Å². The van der Waals surface area contributed by atoms with Crippen LogP contribution >= 0.6 is 0 Å². The van der Waals surface area contributed by atoms with E-state index in [0.29, 0.717) is 23.5 Å². The largest absolute Gasteiger partial charge is 0.465 e. The Morgan fingerprint density at radius 3 is 2.58 bits per heavy atom. The molecule has 0 spiro atoms. The Balaban J connectivity index is 1.46. The number of nitriles is 1. The molecule has 1 aromatic heterocycles. The van der Waals surface area contributed by atoms with Gasteiger partial charge in [-0.2, -0.15) is 5.26 Å². The maximum Gasteiger partial charge on any atom is 0.338 e. The van der Waals surface area contributed by atoms with Crippen LogP contribution in [0.15, 0.2) is 72.9 Å². The second-order valence-electron chi connectivity index (χ2n) is 8.10. The number of methoxy groups -OCH3 is 1. The topological polar surface area (TPSA) is 55.0 Å². The minimum atomic E-state index is -0.273.